The first-order valence-electron chi connectivity index (χ1n) is 8.47. The van der Waals surface area contributed by atoms with Crippen LogP contribution in [0.25, 0.3) is 0 Å². The molecule has 2 aromatic rings. The molecule has 0 N–H and O–H groups in total. The maximum atomic E-state index is 13.0. The van der Waals surface area contributed by atoms with E-state index in [1.54, 1.807) is 12.3 Å². The van der Waals surface area contributed by atoms with E-state index >= 15 is 0 Å². The number of imidazole rings is 1. The fourth-order valence-electron chi connectivity index (χ4n) is 3.48. The van der Waals surface area contributed by atoms with Crippen molar-refractivity contribution in [2.45, 2.75) is 38.3 Å². The van der Waals surface area contributed by atoms with Crippen LogP contribution in [0.15, 0.2) is 36.9 Å². The number of aromatic nitrogens is 2. The van der Waals surface area contributed by atoms with Crippen molar-refractivity contribution >= 4 is 5.91 Å². The van der Waals surface area contributed by atoms with Crippen LogP contribution in [0, 0.1) is 0 Å². The van der Waals surface area contributed by atoms with E-state index in [1.165, 1.54) is 6.42 Å². The highest BCUT2D eigenvalue weighted by Crippen LogP contribution is 2.33. The zero-order valence-electron chi connectivity index (χ0n) is 13.6. The molecule has 24 heavy (non-hydrogen) atoms. The Morgan fingerprint density at radius 2 is 2.17 bits per heavy atom. The van der Waals surface area contributed by atoms with Gasteiger partial charge in [0.25, 0.3) is 5.91 Å². The number of rotatable bonds is 4. The van der Waals surface area contributed by atoms with Crippen LogP contribution in [0.4, 0.5) is 0 Å². The van der Waals surface area contributed by atoms with Crippen molar-refractivity contribution in [3.8, 4) is 11.5 Å². The van der Waals surface area contributed by atoms with E-state index in [0.29, 0.717) is 17.1 Å². The predicted octanol–water partition coefficient (Wildman–Crippen LogP) is 2.70. The summed E-state index contributed by atoms with van der Waals surface area (Å²) in [4.78, 5) is 19.1. The van der Waals surface area contributed by atoms with E-state index in [9.17, 15) is 4.79 Å². The first-order chi connectivity index (χ1) is 11.8. The number of ether oxygens (including phenoxy) is 2. The molecular formula is C18H21N3O3. The molecule has 1 atom stereocenters. The highest BCUT2D eigenvalue weighted by atomic mass is 16.7. The molecule has 0 unspecified atom stereocenters. The molecule has 0 aliphatic carbocycles. The Kier molecular flexibility index (Phi) is 4.11. The molecule has 1 aromatic carbocycles. The second-order valence-electron chi connectivity index (χ2n) is 6.31. The minimum absolute atomic E-state index is 0.0867. The number of nitrogens with zero attached hydrogens (tertiary/aromatic N) is 3. The summed E-state index contributed by atoms with van der Waals surface area (Å²) in [5.74, 6) is 1.46. The fraction of sp³-hybridized carbons (Fsp3) is 0.444. The van der Waals surface area contributed by atoms with Gasteiger partial charge in [0.15, 0.2) is 11.5 Å². The van der Waals surface area contributed by atoms with E-state index in [1.807, 2.05) is 29.6 Å². The number of carbonyl (C=O) groups is 1. The highest BCUT2D eigenvalue weighted by Gasteiger charge is 2.28. The molecule has 0 spiro atoms. The lowest BCUT2D eigenvalue weighted by Gasteiger charge is -2.36. The van der Waals surface area contributed by atoms with Gasteiger partial charge in [0.2, 0.25) is 6.79 Å². The number of piperidine rings is 1. The van der Waals surface area contributed by atoms with Gasteiger partial charge in [-0.1, -0.05) is 0 Å². The number of benzene rings is 1. The molecule has 1 aromatic heterocycles. The summed E-state index contributed by atoms with van der Waals surface area (Å²) in [6.45, 7) is 1.93. The van der Waals surface area contributed by atoms with E-state index in [-0.39, 0.29) is 18.7 Å². The second kappa shape index (κ2) is 6.55. The third-order valence-electron chi connectivity index (χ3n) is 4.79. The van der Waals surface area contributed by atoms with Crippen molar-refractivity contribution < 1.29 is 14.3 Å². The molecule has 4 rings (SSSR count). The fourth-order valence-corrected chi connectivity index (χ4v) is 3.48. The van der Waals surface area contributed by atoms with Gasteiger partial charge in [0.05, 0.1) is 6.33 Å². The minimum Gasteiger partial charge on any atom is -0.454 e. The van der Waals surface area contributed by atoms with Crippen LogP contribution in [-0.4, -0.2) is 39.7 Å². The summed E-state index contributed by atoms with van der Waals surface area (Å²) in [5, 5.41) is 0. The van der Waals surface area contributed by atoms with Crippen LogP contribution in [0.3, 0.4) is 0 Å². The van der Waals surface area contributed by atoms with Crippen LogP contribution in [0.5, 0.6) is 11.5 Å². The van der Waals surface area contributed by atoms with Crippen LogP contribution >= 0.6 is 0 Å². The highest BCUT2D eigenvalue weighted by molar-refractivity contribution is 5.95. The lowest BCUT2D eigenvalue weighted by molar-refractivity contribution is 0.0595. The van der Waals surface area contributed by atoms with Crippen molar-refractivity contribution in [2.24, 2.45) is 0 Å². The molecule has 0 saturated carbocycles. The van der Waals surface area contributed by atoms with Gasteiger partial charge in [-0.2, -0.15) is 0 Å². The molecular weight excluding hydrogens is 306 g/mol. The summed E-state index contributed by atoms with van der Waals surface area (Å²) in [7, 11) is 0. The van der Waals surface area contributed by atoms with Crippen molar-refractivity contribution in [3.05, 3.63) is 42.5 Å². The molecule has 6 heteroatoms. The summed E-state index contributed by atoms with van der Waals surface area (Å²) >= 11 is 0. The van der Waals surface area contributed by atoms with Crippen LogP contribution in [-0.2, 0) is 6.54 Å². The van der Waals surface area contributed by atoms with Gasteiger partial charge < -0.3 is 18.9 Å². The van der Waals surface area contributed by atoms with Crippen LogP contribution < -0.4 is 9.47 Å². The van der Waals surface area contributed by atoms with Gasteiger partial charge in [-0.25, -0.2) is 4.98 Å². The zero-order valence-corrected chi connectivity index (χ0v) is 13.6. The zero-order chi connectivity index (χ0) is 16.4. The summed E-state index contributed by atoms with van der Waals surface area (Å²) in [5.41, 5.74) is 0.675. The molecule has 0 radical (unpaired) electrons. The Morgan fingerprint density at radius 3 is 3.04 bits per heavy atom. The van der Waals surface area contributed by atoms with Crippen LogP contribution in [0.1, 0.15) is 36.0 Å². The van der Waals surface area contributed by atoms with Crippen LogP contribution in [0.2, 0.25) is 0 Å². The predicted molar refractivity (Wildman–Crippen MR) is 88.1 cm³/mol. The first-order valence-corrected chi connectivity index (χ1v) is 8.47. The molecule has 126 valence electrons. The average Bonchev–Trinajstić information content (AvgIpc) is 3.30. The SMILES string of the molecule is O=C(c1ccc2c(c1)OCO2)N1CCCC[C@@H]1CCn1ccnc1. The van der Waals surface area contributed by atoms with Crippen molar-refractivity contribution in [1.29, 1.82) is 0 Å². The smallest absolute Gasteiger partial charge is 0.254 e. The standard InChI is InChI=1S/C18H21N3O3/c22-18(14-4-5-16-17(11-14)24-13-23-16)21-8-2-1-3-15(21)6-9-20-10-7-19-12-20/h4-5,7,10-12,15H,1-3,6,8-9,13H2/t15-/m1/s1. The van der Waals surface area contributed by atoms with Crippen molar-refractivity contribution in [1.82, 2.24) is 14.5 Å². The third-order valence-corrected chi connectivity index (χ3v) is 4.79. The Labute approximate surface area is 141 Å². The number of fused-ring (bicyclic) bond motifs is 1. The van der Waals surface area contributed by atoms with Gasteiger partial charge in [-0.3, -0.25) is 4.79 Å². The molecule has 6 nitrogen and oxygen atoms in total. The van der Waals surface area contributed by atoms with Crippen molar-refractivity contribution in [2.75, 3.05) is 13.3 Å². The number of hydrogen-bond donors (Lipinski definition) is 0. The average molecular weight is 327 g/mol. The molecule has 0 bridgehead atoms. The molecule has 2 aliphatic heterocycles. The van der Waals surface area contributed by atoms with E-state index in [2.05, 4.69) is 9.55 Å². The van der Waals surface area contributed by atoms with Crippen molar-refractivity contribution in [3.63, 3.8) is 0 Å². The Morgan fingerprint density at radius 1 is 1.25 bits per heavy atom. The van der Waals surface area contributed by atoms with Gasteiger partial charge >= 0.3 is 0 Å². The Balaban J connectivity index is 1.48. The topological polar surface area (TPSA) is 56.6 Å². The maximum absolute atomic E-state index is 13.0. The number of likely N-dealkylation sites (tertiary alicyclic amines) is 1. The van der Waals surface area contributed by atoms with E-state index in [4.69, 9.17) is 9.47 Å². The third kappa shape index (κ3) is 2.96. The van der Waals surface area contributed by atoms with Gasteiger partial charge in [-0.15, -0.1) is 0 Å². The number of carbonyl (C=O) groups excluding carboxylic acids is 1. The number of aryl methyl sites for hydroxylation is 1. The Hall–Kier alpha value is -2.50. The molecule has 1 amide bonds. The summed E-state index contributed by atoms with van der Waals surface area (Å²) in [6, 6.07) is 5.72. The number of amides is 1. The molecule has 1 saturated heterocycles. The lowest BCUT2D eigenvalue weighted by atomic mass is 9.98. The normalized spacial score (nSPS) is 19.5. The monoisotopic (exact) mass is 327 g/mol. The Bertz CT molecular complexity index is 714. The van der Waals surface area contributed by atoms with Gasteiger partial charge in [-0.05, 0) is 43.9 Å². The quantitative estimate of drug-likeness (QED) is 0.866. The van der Waals surface area contributed by atoms with Gasteiger partial charge in [0, 0.05) is 37.1 Å². The summed E-state index contributed by atoms with van der Waals surface area (Å²) in [6.07, 6.45) is 9.84. The minimum atomic E-state index is 0.0867. The number of hydrogen-bond acceptors (Lipinski definition) is 4. The maximum Gasteiger partial charge on any atom is 0.254 e. The van der Waals surface area contributed by atoms with E-state index in [0.717, 1.165) is 32.4 Å². The molecule has 2 aliphatic rings. The molecule has 1 fully saturated rings. The van der Waals surface area contributed by atoms with E-state index < -0.39 is 0 Å². The largest absolute Gasteiger partial charge is 0.454 e. The summed E-state index contributed by atoms with van der Waals surface area (Å²) < 4.78 is 12.8. The second-order valence-corrected chi connectivity index (χ2v) is 6.31. The molecule has 3 heterocycles. The van der Waals surface area contributed by atoms with Gasteiger partial charge in [0.1, 0.15) is 0 Å². The first kappa shape index (κ1) is 15.1. The lowest BCUT2D eigenvalue weighted by Crippen LogP contribution is -2.44.